The second-order valence-electron chi connectivity index (χ2n) is 5.39. The van der Waals surface area contributed by atoms with E-state index >= 15 is 0 Å². The number of nitrogens with one attached hydrogen (secondary N) is 2. The Kier molecular flexibility index (Phi) is 5.65. The van der Waals surface area contributed by atoms with E-state index in [4.69, 9.17) is 5.73 Å². The highest BCUT2D eigenvalue weighted by atomic mass is 16.3. The predicted molar refractivity (Wildman–Crippen MR) is 79.0 cm³/mol. The molecule has 0 radical (unpaired) electrons. The summed E-state index contributed by atoms with van der Waals surface area (Å²) in [7, 11) is 0. The van der Waals surface area contributed by atoms with Gasteiger partial charge in [-0.25, -0.2) is 9.97 Å². The molecule has 0 aromatic carbocycles. The maximum absolute atomic E-state index is 12.0. The number of nitrogens with zero attached hydrogens (tertiary/aromatic N) is 2. The third-order valence-corrected chi connectivity index (χ3v) is 3.73. The number of hydrogen-bond donors (Lipinski definition) is 4. The summed E-state index contributed by atoms with van der Waals surface area (Å²) in [6.45, 7) is 0.347. The van der Waals surface area contributed by atoms with E-state index in [-0.39, 0.29) is 35.3 Å². The van der Waals surface area contributed by atoms with Gasteiger partial charge in [-0.05, 0) is 25.7 Å². The second kappa shape index (κ2) is 7.69. The van der Waals surface area contributed by atoms with Crippen molar-refractivity contribution in [3.63, 3.8) is 0 Å². The van der Waals surface area contributed by atoms with Crippen molar-refractivity contribution >= 4 is 11.8 Å². The van der Waals surface area contributed by atoms with Gasteiger partial charge < -0.3 is 21.5 Å². The van der Waals surface area contributed by atoms with Crippen LogP contribution in [0.4, 0.5) is 0 Å². The summed E-state index contributed by atoms with van der Waals surface area (Å²) in [4.78, 5) is 30.8. The molecule has 0 unspecified atom stereocenters. The first kappa shape index (κ1) is 16.2. The minimum Gasteiger partial charge on any atom is -0.493 e. The number of hydrogen-bond acceptors (Lipinski definition) is 6. The molecule has 1 saturated carbocycles. The summed E-state index contributed by atoms with van der Waals surface area (Å²) in [6, 6.07) is 0.162. The van der Waals surface area contributed by atoms with Crippen molar-refractivity contribution in [2.75, 3.05) is 6.54 Å². The molecule has 0 aliphatic heterocycles. The zero-order valence-corrected chi connectivity index (χ0v) is 12.3. The molecule has 8 nitrogen and oxygen atoms in total. The van der Waals surface area contributed by atoms with Gasteiger partial charge in [0.15, 0.2) is 0 Å². The summed E-state index contributed by atoms with van der Waals surface area (Å²) in [5.41, 5.74) is 5.41. The van der Waals surface area contributed by atoms with Crippen LogP contribution in [0.2, 0.25) is 0 Å². The molecule has 0 bridgehead atoms. The van der Waals surface area contributed by atoms with E-state index in [1.54, 1.807) is 0 Å². The van der Waals surface area contributed by atoms with Crippen molar-refractivity contribution in [3.05, 3.63) is 18.1 Å². The van der Waals surface area contributed by atoms with Crippen LogP contribution in [0, 0.1) is 0 Å². The van der Waals surface area contributed by atoms with Crippen molar-refractivity contribution in [1.82, 2.24) is 20.6 Å². The van der Waals surface area contributed by atoms with Crippen molar-refractivity contribution in [1.29, 1.82) is 0 Å². The molecule has 0 atom stereocenters. The van der Waals surface area contributed by atoms with Crippen LogP contribution in [-0.4, -0.2) is 45.5 Å². The van der Waals surface area contributed by atoms with Gasteiger partial charge in [0.05, 0.1) is 0 Å². The number of amides is 2. The Morgan fingerprint density at radius 2 is 1.86 bits per heavy atom. The number of carbonyl (C=O) groups is 2. The molecule has 2 amide bonds. The molecule has 0 saturated heterocycles. The third-order valence-electron chi connectivity index (χ3n) is 3.73. The normalized spacial score (nSPS) is 21.1. The minimum absolute atomic E-state index is 0.0229. The largest absolute Gasteiger partial charge is 0.493 e. The van der Waals surface area contributed by atoms with E-state index in [0.29, 0.717) is 13.0 Å². The van der Waals surface area contributed by atoms with Gasteiger partial charge in [0.25, 0.3) is 5.91 Å². The predicted octanol–water partition coefficient (Wildman–Crippen LogP) is -0.312. The van der Waals surface area contributed by atoms with E-state index in [1.165, 1.54) is 12.5 Å². The first-order chi connectivity index (χ1) is 10.6. The Morgan fingerprint density at radius 1 is 1.23 bits per heavy atom. The highest BCUT2D eigenvalue weighted by Crippen LogP contribution is 2.20. The summed E-state index contributed by atoms with van der Waals surface area (Å²) in [6.07, 6.45) is 5.96. The molecule has 1 fully saturated rings. The molecular weight excluding hydrogens is 286 g/mol. The smallest absolute Gasteiger partial charge is 0.258 e. The van der Waals surface area contributed by atoms with E-state index in [2.05, 4.69) is 20.6 Å². The van der Waals surface area contributed by atoms with Crippen molar-refractivity contribution in [2.45, 2.75) is 44.2 Å². The van der Waals surface area contributed by atoms with Gasteiger partial charge in [0, 0.05) is 31.2 Å². The van der Waals surface area contributed by atoms with Crippen LogP contribution in [-0.2, 0) is 4.79 Å². The van der Waals surface area contributed by atoms with Crippen LogP contribution >= 0.6 is 0 Å². The van der Waals surface area contributed by atoms with E-state index in [9.17, 15) is 14.7 Å². The third kappa shape index (κ3) is 4.39. The molecule has 1 aliphatic rings. The van der Waals surface area contributed by atoms with Crippen molar-refractivity contribution in [2.24, 2.45) is 5.73 Å². The molecule has 8 heteroatoms. The lowest BCUT2D eigenvalue weighted by atomic mass is 9.91. The SMILES string of the molecule is NCCC(=O)N[C@H]1CC[C@H](NC(=O)c2cncnc2O)CC1. The monoisotopic (exact) mass is 307 g/mol. The lowest BCUT2D eigenvalue weighted by Crippen LogP contribution is -2.44. The topological polar surface area (TPSA) is 130 Å². The number of aromatic nitrogens is 2. The van der Waals surface area contributed by atoms with Crippen LogP contribution in [0.15, 0.2) is 12.5 Å². The summed E-state index contributed by atoms with van der Waals surface area (Å²) in [5.74, 6) is -0.731. The van der Waals surface area contributed by atoms with Crippen molar-refractivity contribution < 1.29 is 14.7 Å². The molecule has 1 aromatic heterocycles. The van der Waals surface area contributed by atoms with Gasteiger partial charge in [0.2, 0.25) is 11.8 Å². The zero-order chi connectivity index (χ0) is 15.9. The highest BCUT2D eigenvalue weighted by molar-refractivity contribution is 5.96. The first-order valence-corrected chi connectivity index (χ1v) is 7.39. The van der Waals surface area contributed by atoms with Crippen LogP contribution in [0.25, 0.3) is 0 Å². The molecule has 1 heterocycles. The number of nitrogens with two attached hydrogens (primary N) is 1. The molecule has 5 N–H and O–H groups in total. The van der Waals surface area contributed by atoms with Crippen LogP contribution in [0.5, 0.6) is 5.88 Å². The fourth-order valence-electron chi connectivity index (χ4n) is 2.56. The van der Waals surface area contributed by atoms with Crippen molar-refractivity contribution in [3.8, 4) is 5.88 Å². The standard InChI is InChI=1S/C14H21N5O3/c15-6-5-12(20)18-9-1-3-10(4-2-9)19-14(22)11-7-16-8-17-13(11)21/h7-10H,1-6,15H2,(H,18,20)(H,19,22)(H,16,17,21)/t9-,10-. The van der Waals surface area contributed by atoms with Gasteiger partial charge in [-0.3, -0.25) is 9.59 Å². The lowest BCUT2D eigenvalue weighted by molar-refractivity contribution is -0.121. The zero-order valence-electron chi connectivity index (χ0n) is 12.3. The number of aromatic hydroxyl groups is 1. The fraction of sp³-hybridized carbons (Fsp3) is 0.571. The number of rotatable bonds is 5. The Hall–Kier alpha value is -2.22. The molecule has 0 spiro atoms. The van der Waals surface area contributed by atoms with E-state index in [0.717, 1.165) is 25.7 Å². The van der Waals surface area contributed by atoms with Crippen LogP contribution in [0.1, 0.15) is 42.5 Å². The summed E-state index contributed by atoms with van der Waals surface area (Å²) in [5, 5.41) is 15.3. The maximum Gasteiger partial charge on any atom is 0.258 e. The lowest BCUT2D eigenvalue weighted by Gasteiger charge is -2.29. The number of carbonyl (C=O) groups excluding carboxylic acids is 2. The van der Waals surface area contributed by atoms with Gasteiger partial charge >= 0.3 is 0 Å². The molecule has 2 rings (SSSR count). The average molecular weight is 307 g/mol. The first-order valence-electron chi connectivity index (χ1n) is 7.39. The minimum atomic E-state index is -0.381. The molecular formula is C14H21N5O3. The summed E-state index contributed by atoms with van der Waals surface area (Å²) >= 11 is 0. The van der Waals surface area contributed by atoms with Gasteiger partial charge in [-0.2, -0.15) is 0 Å². The molecule has 1 aromatic rings. The van der Waals surface area contributed by atoms with Gasteiger partial charge in [-0.1, -0.05) is 0 Å². The van der Waals surface area contributed by atoms with E-state index < -0.39 is 0 Å². The molecule has 120 valence electrons. The molecule has 1 aliphatic carbocycles. The van der Waals surface area contributed by atoms with Gasteiger partial charge in [0.1, 0.15) is 11.9 Å². The highest BCUT2D eigenvalue weighted by Gasteiger charge is 2.24. The average Bonchev–Trinajstić information content (AvgIpc) is 2.50. The molecule has 22 heavy (non-hydrogen) atoms. The van der Waals surface area contributed by atoms with Crippen LogP contribution in [0.3, 0.4) is 0 Å². The Bertz CT molecular complexity index is 529. The fourth-order valence-corrected chi connectivity index (χ4v) is 2.56. The Balaban J connectivity index is 1.79. The maximum atomic E-state index is 12.0. The van der Waals surface area contributed by atoms with Crippen LogP contribution < -0.4 is 16.4 Å². The summed E-state index contributed by atoms with van der Waals surface area (Å²) < 4.78 is 0. The van der Waals surface area contributed by atoms with Gasteiger partial charge in [-0.15, -0.1) is 0 Å². The second-order valence-corrected chi connectivity index (χ2v) is 5.39. The Labute approximate surface area is 128 Å². The Morgan fingerprint density at radius 3 is 2.45 bits per heavy atom. The van der Waals surface area contributed by atoms with E-state index in [1.807, 2.05) is 0 Å². The quantitative estimate of drug-likeness (QED) is 0.590.